The van der Waals surface area contributed by atoms with E-state index in [9.17, 15) is 4.79 Å². The minimum absolute atomic E-state index is 0.0157. The Morgan fingerprint density at radius 3 is 3.07 bits per heavy atom. The Balaban J connectivity index is 2.68. The first-order chi connectivity index (χ1) is 6.74. The molecule has 0 amide bonds. The van der Waals surface area contributed by atoms with E-state index in [0.29, 0.717) is 11.3 Å². The predicted molar refractivity (Wildman–Crippen MR) is 51.1 cm³/mol. The van der Waals surface area contributed by atoms with Gasteiger partial charge in [-0.3, -0.25) is 9.20 Å². The fourth-order valence-corrected chi connectivity index (χ4v) is 1.37. The highest BCUT2D eigenvalue weighted by molar-refractivity contribution is 5.97. The molecule has 0 aliphatic heterocycles. The molecule has 5 nitrogen and oxygen atoms in total. The Morgan fingerprint density at radius 2 is 2.43 bits per heavy atom. The monoisotopic (exact) mass is 190 g/mol. The SMILES string of the molecule is Cc1c(C(=O)CN)nc2ccncn12. The van der Waals surface area contributed by atoms with Gasteiger partial charge in [0, 0.05) is 6.20 Å². The summed E-state index contributed by atoms with van der Waals surface area (Å²) in [7, 11) is 0. The molecular weight excluding hydrogens is 180 g/mol. The molecule has 0 radical (unpaired) electrons. The number of Topliss-reactive ketones (excluding diaryl/α,β-unsaturated/α-hetero) is 1. The first kappa shape index (κ1) is 8.83. The lowest BCUT2D eigenvalue weighted by molar-refractivity contribution is 0.0996. The number of nitrogens with two attached hydrogens (primary N) is 1. The van der Waals surface area contributed by atoms with Crippen molar-refractivity contribution in [2.45, 2.75) is 6.92 Å². The van der Waals surface area contributed by atoms with Crippen LogP contribution in [0.15, 0.2) is 18.6 Å². The number of carbonyl (C=O) groups excluding carboxylic acids is 1. The standard InChI is InChI=1S/C9H10N4O/c1-6-9(7(14)4-10)12-8-2-3-11-5-13(6)8/h2-3,5H,4,10H2,1H3. The van der Waals surface area contributed by atoms with Gasteiger partial charge in [-0.05, 0) is 13.0 Å². The Hall–Kier alpha value is -1.75. The number of fused-ring (bicyclic) bond motifs is 1. The second kappa shape index (κ2) is 3.19. The number of hydrogen-bond acceptors (Lipinski definition) is 4. The van der Waals surface area contributed by atoms with Crippen LogP contribution in [0.1, 0.15) is 16.2 Å². The van der Waals surface area contributed by atoms with Crippen molar-refractivity contribution in [2.75, 3.05) is 6.54 Å². The first-order valence-electron chi connectivity index (χ1n) is 4.26. The summed E-state index contributed by atoms with van der Waals surface area (Å²) in [5.74, 6) is -0.147. The third-order valence-electron chi connectivity index (χ3n) is 2.12. The van der Waals surface area contributed by atoms with E-state index < -0.39 is 0 Å². The molecule has 2 aromatic heterocycles. The summed E-state index contributed by atoms with van der Waals surface area (Å²) in [6, 6.07) is 1.75. The van der Waals surface area contributed by atoms with Crippen LogP contribution in [0.3, 0.4) is 0 Å². The molecule has 2 aromatic rings. The van der Waals surface area contributed by atoms with Gasteiger partial charge >= 0.3 is 0 Å². The van der Waals surface area contributed by atoms with Crippen LogP contribution in [0.4, 0.5) is 0 Å². The van der Waals surface area contributed by atoms with Crippen LogP contribution >= 0.6 is 0 Å². The quantitative estimate of drug-likeness (QED) is 0.685. The van der Waals surface area contributed by atoms with Crippen LogP contribution in [-0.4, -0.2) is 26.7 Å². The van der Waals surface area contributed by atoms with Crippen molar-refractivity contribution in [3.05, 3.63) is 30.0 Å². The molecule has 0 saturated heterocycles. The summed E-state index contributed by atoms with van der Waals surface area (Å²) >= 11 is 0. The van der Waals surface area contributed by atoms with Gasteiger partial charge < -0.3 is 5.73 Å². The predicted octanol–water partition coefficient (Wildman–Crippen LogP) is 0.179. The average molecular weight is 190 g/mol. The van der Waals surface area contributed by atoms with E-state index in [4.69, 9.17) is 5.73 Å². The van der Waals surface area contributed by atoms with E-state index in [1.807, 2.05) is 6.92 Å². The minimum atomic E-state index is -0.147. The molecule has 2 heterocycles. The van der Waals surface area contributed by atoms with Crippen LogP contribution in [0, 0.1) is 6.92 Å². The van der Waals surface area contributed by atoms with E-state index in [2.05, 4.69) is 9.97 Å². The number of aryl methyl sites for hydroxylation is 1. The molecule has 2 rings (SSSR count). The molecule has 0 bridgehead atoms. The highest BCUT2D eigenvalue weighted by Crippen LogP contribution is 2.10. The van der Waals surface area contributed by atoms with Crippen molar-refractivity contribution in [1.29, 1.82) is 0 Å². The summed E-state index contributed by atoms with van der Waals surface area (Å²) < 4.78 is 1.77. The fraction of sp³-hybridized carbons (Fsp3) is 0.222. The van der Waals surface area contributed by atoms with Gasteiger partial charge in [0.1, 0.15) is 17.7 Å². The molecule has 0 fully saturated rings. The van der Waals surface area contributed by atoms with Crippen LogP contribution in [0.25, 0.3) is 5.65 Å². The minimum Gasteiger partial charge on any atom is -0.324 e. The number of hydrogen-bond donors (Lipinski definition) is 1. The molecule has 72 valence electrons. The van der Waals surface area contributed by atoms with Crippen LogP contribution in [-0.2, 0) is 0 Å². The zero-order valence-corrected chi connectivity index (χ0v) is 7.77. The van der Waals surface area contributed by atoms with E-state index in [1.54, 1.807) is 23.0 Å². The van der Waals surface area contributed by atoms with Crippen molar-refractivity contribution >= 4 is 11.4 Å². The van der Waals surface area contributed by atoms with Crippen molar-refractivity contribution < 1.29 is 4.79 Å². The zero-order chi connectivity index (χ0) is 10.1. The van der Waals surface area contributed by atoms with E-state index in [1.165, 1.54) is 0 Å². The molecule has 14 heavy (non-hydrogen) atoms. The molecule has 5 heteroatoms. The van der Waals surface area contributed by atoms with E-state index in [0.717, 1.165) is 5.69 Å². The summed E-state index contributed by atoms with van der Waals surface area (Å²) in [5, 5.41) is 0. The van der Waals surface area contributed by atoms with Crippen LogP contribution < -0.4 is 5.73 Å². The van der Waals surface area contributed by atoms with Gasteiger partial charge in [-0.15, -0.1) is 0 Å². The number of rotatable bonds is 2. The normalized spacial score (nSPS) is 10.7. The third kappa shape index (κ3) is 1.18. The van der Waals surface area contributed by atoms with Gasteiger partial charge in [-0.25, -0.2) is 9.97 Å². The first-order valence-corrected chi connectivity index (χ1v) is 4.26. The Labute approximate surface area is 80.6 Å². The van der Waals surface area contributed by atoms with Crippen molar-refractivity contribution in [2.24, 2.45) is 5.73 Å². The van der Waals surface area contributed by atoms with Gasteiger partial charge in [0.15, 0.2) is 5.78 Å². The summed E-state index contributed by atoms with van der Waals surface area (Å²) in [6.45, 7) is 1.81. The lowest BCUT2D eigenvalue weighted by Gasteiger charge is -1.94. The molecule has 0 spiro atoms. The fourth-order valence-electron chi connectivity index (χ4n) is 1.37. The maximum Gasteiger partial charge on any atom is 0.196 e. The molecule has 0 aliphatic rings. The van der Waals surface area contributed by atoms with Crippen molar-refractivity contribution in [3.63, 3.8) is 0 Å². The van der Waals surface area contributed by atoms with E-state index >= 15 is 0 Å². The van der Waals surface area contributed by atoms with E-state index in [-0.39, 0.29) is 12.3 Å². The zero-order valence-electron chi connectivity index (χ0n) is 7.77. The van der Waals surface area contributed by atoms with Gasteiger partial charge in [0.2, 0.25) is 0 Å². The van der Waals surface area contributed by atoms with Gasteiger partial charge in [0.05, 0.1) is 12.2 Å². The molecule has 0 atom stereocenters. The van der Waals surface area contributed by atoms with Crippen molar-refractivity contribution in [3.8, 4) is 0 Å². The molecule has 0 aliphatic carbocycles. The number of imidazole rings is 1. The van der Waals surface area contributed by atoms with Gasteiger partial charge in [0.25, 0.3) is 0 Å². The molecule has 2 N–H and O–H groups in total. The largest absolute Gasteiger partial charge is 0.324 e. The lowest BCUT2D eigenvalue weighted by atomic mass is 10.2. The topological polar surface area (TPSA) is 73.3 Å². The number of nitrogens with zero attached hydrogens (tertiary/aromatic N) is 3. The van der Waals surface area contributed by atoms with Crippen LogP contribution in [0.2, 0.25) is 0 Å². The van der Waals surface area contributed by atoms with Crippen LogP contribution in [0.5, 0.6) is 0 Å². The Morgan fingerprint density at radius 1 is 1.64 bits per heavy atom. The smallest absolute Gasteiger partial charge is 0.196 e. The Kier molecular flexibility index (Phi) is 2.01. The van der Waals surface area contributed by atoms with Crippen molar-refractivity contribution in [1.82, 2.24) is 14.4 Å². The maximum absolute atomic E-state index is 11.4. The molecule has 0 unspecified atom stereocenters. The summed E-state index contributed by atoms with van der Waals surface area (Å²) in [5.41, 5.74) is 7.21. The average Bonchev–Trinajstić information content (AvgIpc) is 2.56. The Bertz CT molecular complexity index is 489. The maximum atomic E-state index is 11.4. The number of ketones is 1. The molecule has 0 saturated carbocycles. The van der Waals surface area contributed by atoms with Gasteiger partial charge in [-0.1, -0.05) is 0 Å². The number of aromatic nitrogens is 3. The van der Waals surface area contributed by atoms with Gasteiger partial charge in [-0.2, -0.15) is 0 Å². The summed E-state index contributed by atoms with van der Waals surface area (Å²) in [4.78, 5) is 19.5. The summed E-state index contributed by atoms with van der Waals surface area (Å²) in [6.07, 6.45) is 3.27. The highest BCUT2D eigenvalue weighted by Gasteiger charge is 2.13. The number of carbonyl (C=O) groups is 1. The second-order valence-corrected chi connectivity index (χ2v) is 2.98. The second-order valence-electron chi connectivity index (χ2n) is 2.98. The third-order valence-corrected chi connectivity index (χ3v) is 2.12. The molecule has 0 aromatic carbocycles. The highest BCUT2D eigenvalue weighted by atomic mass is 16.1. The lowest BCUT2D eigenvalue weighted by Crippen LogP contribution is -2.15. The molecular formula is C9H10N4O.